The van der Waals surface area contributed by atoms with Crippen LogP contribution in [0.1, 0.15) is 187 Å². The molecule has 1 unspecified atom stereocenters. The highest BCUT2D eigenvalue weighted by atomic mass is 15.0. The van der Waals surface area contributed by atoms with Crippen molar-refractivity contribution in [2.45, 2.75) is 187 Å². The summed E-state index contributed by atoms with van der Waals surface area (Å²) in [6, 6.07) is 0. The van der Waals surface area contributed by atoms with Gasteiger partial charge in [0.25, 0.3) is 0 Å². The number of nitrogens with zero attached hydrogens (tertiary/aromatic N) is 2. The van der Waals surface area contributed by atoms with Crippen LogP contribution in [0, 0.1) is 12.1 Å². The van der Waals surface area contributed by atoms with Gasteiger partial charge in [0.1, 0.15) is 0 Å². The van der Waals surface area contributed by atoms with Crippen molar-refractivity contribution in [3.63, 3.8) is 0 Å². The molecule has 0 aromatic heterocycles. The first-order valence-corrected chi connectivity index (χ1v) is 16.3. The van der Waals surface area contributed by atoms with Gasteiger partial charge in [-0.3, -0.25) is 0 Å². The number of aliphatic imine (C=N–C) groups is 2. The molecule has 35 heavy (non-hydrogen) atoms. The van der Waals surface area contributed by atoms with Gasteiger partial charge in [0.2, 0.25) is 6.17 Å². The van der Waals surface area contributed by atoms with E-state index in [9.17, 15) is 0 Å². The minimum atomic E-state index is 0.933. The predicted molar refractivity (Wildman–Crippen MR) is 160 cm³/mol. The standard InChI is InChI=1S/C33H63N2/c1-3-5-7-9-11-13-14-15-16-17-18-20-22-24-27-32(28-25-29-33-34-30-31-35-33)26-23-21-19-12-10-8-6-4-2/h30-32H,3-29H2,1-2H3/q+1. The van der Waals surface area contributed by atoms with E-state index in [1.54, 1.807) is 0 Å². The second kappa shape index (κ2) is 26.3. The first-order chi connectivity index (χ1) is 17.4. The highest BCUT2D eigenvalue weighted by molar-refractivity contribution is 6.18. The summed E-state index contributed by atoms with van der Waals surface area (Å²) in [4.78, 5) is 8.72. The Hall–Kier alpha value is -0.790. The minimum absolute atomic E-state index is 0.933. The van der Waals surface area contributed by atoms with Gasteiger partial charge in [0, 0.05) is 0 Å². The molecule has 204 valence electrons. The third-order valence-electron chi connectivity index (χ3n) is 7.96. The quantitative estimate of drug-likeness (QED) is 0.0774. The van der Waals surface area contributed by atoms with Gasteiger partial charge in [0.05, 0.1) is 6.42 Å². The Labute approximate surface area is 221 Å². The summed E-state index contributed by atoms with van der Waals surface area (Å²) in [6.45, 7) is 4.61. The van der Waals surface area contributed by atoms with E-state index in [2.05, 4.69) is 23.8 Å². The van der Waals surface area contributed by atoms with Crippen molar-refractivity contribution >= 4 is 12.4 Å². The summed E-state index contributed by atoms with van der Waals surface area (Å²) in [5.74, 6) is 0.933. The van der Waals surface area contributed by atoms with Crippen LogP contribution in [0.4, 0.5) is 0 Å². The zero-order valence-electron chi connectivity index (χ0n) is 24.2. The van der Waals surface area contributed by atoms with Crippen LogP contribution in [0.2, 0.25) is 0 Å². The van der Waals surface area contributed by atoms with Crippen molar-refractivity contribution in [1.82, 2.24) is 0 Å². The molecule has 2 heteroatoms. The third-order valence-corrected chi connectivity index (χ3v) is 7.96. The lowest BCUT2D eigenvalue weighted by Crippen LogP contribution is -2.02. The van der Waals surface area contributed by atoms with Crippen molar-refractivity contribution in [2.24, 2.45) is 15.9 Å². The van der Waals surface area contributed by atoms with Gasteiger partial charge in [0.15, 0.2) is 12.4 Å². The Morgan fingerprint density at radius 1 is 0.429 bits per heavy atom. The molecule has 1 heterocycles. The van der Waals surface area contributed by atoms with E-state index >= 15 is 0 Å². The van der Waals surface area contributed by atoms with Crippen LogP contribution in [0.5, 0.6) is 0 Å². The van der Waals surface area contributed by atoms with Crippen LogP contribution in [0.15, 0.2) is 9.98 Å². The highest BCUT2D eigenvalue weighted by Gasteiger charge is 2.17. The van der Waals surface area contributed by atoms with Crippen LogP contribution in [-0.2, 0) is 0 Å². The Balaban J connectivity index is 2.01. The summed E-state index contributed by atoms with van der Waals surface area (Å²) in [5, 5.41) is 0. The molecule has 1 atom stereocenters. The Kier molecular flexibility index (Phi) is 24.2. The SMILES string of the molecule is CCCCCCCCCCCCCCCCC(CCCCCCCCCC)CCC[C+]1N=CC=N1. The summed E-state index contributed by atoms with van der Waals surface area (Å²) >= 11 is 0. The molecule has 1 aliphatic heterocycles. The summed E-state index contributed by atoms with van der Waals surface area (Å²) in [5.41, 5.74) is 0. The maximum Gasteiger partial charge on any atom is 0.240 e. The molecule has 0 spiro atoms. The fourth-order valence-corrected chi connectivity index (χ4v) is 5.58. The van der Waals surface area contributed by atoms with E-state index in [4.69, 9.17) is 0 Å². The van der Waals surface area contributed by atoms with Crippen LogP contribution in [-0.4, -0.2) is 12.4 Å². The first kappa shape index (κ1) is 32.2. The van der Waals surface area contributed by atoms with Crippen molar-refractivity contribution < 1.29 is 0 Å². The van der Waals surface area contributed by atoms with Gasteiger partial charge < -0.3 is 0 Å². The van der Waals surface area contributed by atoms with Gasteiger partial charge >= 0.3 is 0 Å². The van der Waals surface area contributed by atoms with E-state index in [0.717, 1.165) is 18.5 Å². The molecule has 0 bridgehead atoms. The molecule has 0 amide bonds. The van der Waals surface area contributed by atoms with Crippen molar-refractivity contribution in [1.29, 1.82) is 0 Å². The van der Waals surface area contributed by atoms with E-state index in [-0.39, 0.29) is 0 Å². The molecule has 0 aromatic rings. The van der Waals surface area contributed by atoms with Gasteiger partial charge in [-0.15, -0.1) is 0 Å². The number of hydrogen-bond acceptors (Lipinski definition) is 2. The van der Waals surface area contributed by atoms with Crippen molar-refractivity contribution in [3.8, 4) is 0 Å². The molecule has 0 aliphatic carbocycles. The van der Waals surface area contributed by atoms with Crippen LogP contribution in [0.25, 0.3) is 0 Å². The fourth-order valence-electron chi connectivity index (χ4n) is 5.58. The van der Waals surface area contributed by atoms with Crippen molar-refractivity contribution in [2.75, 3.05) is 0 Å². The molecule has 0 aromatic carbocycles. The molecule has 0 saturated carbocycles. The van der Waals surface area contributed by atoms with Gasteiger partial charge in [-0.25, -0.2) is 0 Å². The average molecular weight is 488 g/mol. The van der Waals surface area contributed by atoms with E-state index in [1.165, 1.54) is 167 Å². The van der Waals surface area contributed by atoms with Crippen molar-refractivity contribution in [3.05, 3.63) is 6.17 Å². The zero-order chi connectivity index (χ0) is 25.1. The topological polar surface area (TPSA) is 24.7 Å². The molecule has 1 rings (SSSR count). The molecular formula is C33H63N2+. The van der Waals surface area contributed by atoms with Crippen LogP contribution in [0.3, 0.4) is 0 Å². The predicted octanol–water partition coefficient (Wildman–Crippen LogP) is 11.8. The van der Waals surface area contributed by atoms with Gasteiger partial charge in [-0.2, -0.15) is 0 Å². The van der Waals surface area contributed by atoms with Gasteiger partial charge in [-0.05, 0) is 18.8 Å². The second-order valence-electron chi connectivity index (χ2n) is 11.4. The van der Waals surface area contributed by atoms with Gasteiger partial charge in [-0.1, -0.05) is 178 Å². The first-order valence-electron chi connectivity index (χ1n) is 16.3. The Morgan fingerprint density at radius 2 is 0.743 bits per heavy atom. The normalized spacial score (nSPS) is 13.8. The molecule has 0 radical (unpaired) electrons. The lowest BCUT2D eigenvalue weighted by atomic mass is 9.89. The summed E-state index contributed by atoms with van der Waals surface area (Å²) in [6.07, 6.45) is 43.2. The minimum Gasteiger partial charge on any atom is -0.0968 e. The smallest absolute Gasteiger partial charge is 0.0968 e. The molecule has 1 aliphatic rings. The number of rotatable bonds is 28. The van der Waals surface area contributed by atoms with Crippen LogP contribution >= 0.6 is 0 Å². The summed E-state index contributed by atoms with van der Waals surface area (Å²) in [7, 11) is 0. The van der Waals surface area contributed by atoms with E-state index < -0.39 is 0 Å². The van der Waals surface area contributed by atoms with Crippen LogP contribution < -0.4 is 0 Å². The molecule has 2 nitrogen and oxygen atoms in total. The number of unbranched alkanes of at least 4 members (excludes halogenated alkanes) is 20. The molecule has 0 N–H and O–H groups in total. The maximum absolute atomic E-state index is 4.36. The number of hydrogen-bond donors (Lipinski definition) is 0. The largest absolute Gasteiger partial charge is 0.240 e. The fraction of sp³-hybridized carbons (Fsp3) is 0.909. The second-order valence-corrected chi connectivity index (χ2v) is 11.4. The summed E-state index contributed by atoms with van der Waals surface area (Å²) < 4.78 is 0. The Bertz CT molecular complexity index is 458. The van der Waals surface area contributed by atoms with E-state index in [1.807, 2.05) is 12.4 Å². The maximum atomic E-state index is 4.36. The average Bonchev–Trinajstić information content (AvgIpc) is 3.39. The lowest BCUT2D eigenvalue weighted by molar-refractivity contribution is 0.369. The molecule has 0 fully saturated rings. The third kappa shape index (κ3) is 22.2. The molecule has 0 saturated heterocycles. The Morgan fingerprint density at radius 3 is 1.11 bits per heavy atom. The molecular weight excluding hydrogens is 424 g/mol. The lowest BCUT2D eigenvalue weighted by Gasteiger charge is -2.17. The monoisotopic (exact) mass is 487 g/mol. The highest BCUT2D eigenvalue weighted by Crippen LogP contribution is 2.26. The van der Waals surface area contributed by atoms with E-state index in [0.29, 0.717) is 0 Å². The zero-order valence-corrected chi connectivity index (χ0v) is 24.2.